The van der Waals surface area contributed by atoms with Crippen molar-refractivity contribution in [3.05, 3.63) is 58.7 Å². The minimum Gasteiger partial charge on any atom is -0.325 e. The van der Waals surface area contributed by atoms with Crippen molar-refractivity contribution in [2.24, 2.45) is 0 Å². The van der Waals surface area contributed by atoms with Crippen LogP contribution in [0.15, 0.2) is 41.3 Å². The summed E-state index contributed by atoms with van der Waals surface area (Å²) < 4.78 is 27.9. The van der Waals surface area contributed by atoms with Gasteiger partial charge < -0.3 is 5.32 Å². The molecule has 0 saturated carbocycles. The molecule has 29 heavy (non-hydrogen) atoms. The van der Waals surface area contributed by atoms with E-state index in [4.69, 9.17) is 0 Å². The number of anilines is 1. The van der Waals surface area contributed by atoms with Gasteiger partial charge in [-0.3, -0.25) is 9.69 Å². The zero-order valence-electron chi connectivity index (χ0n) is 17.5. The molecule has 156 valence electrons. The highest BCUT2D eigenvalue weighted by atomic mass is 32.2. The predicted molar refractivity (Wildman–Crippen MR) is 116 cm³/mol. The van der Waals surface area contributed by atoms with E-state index in [1.54, 1.807) is 0 Å². The summed E-state index contributed by atoms with van der Waals surface area (Å²) in [6.45, 7) is 9.72. The van der Waals surface area contributed by atoms with Gasteiger partial charge in [0, 0.05) is 31.9 Å². The minimum atomic E-state index is -3.54. The Hall–Kier alpha value is -2.22. The van der Waals surface area contributed by atoms with Crippen molar-refractivity contribution < 1.29 is 13.2 Å². The Kier molecular flexibility index (Phi) is 6.41. The average Bonchev–Trinajstić information content (AvgIpc) is 2.61. The first-order valence-corrected chi connectivity index (χ1v) is 11.3. The van der Waals surface area contributed by atoms with E-state index in [0.29, 0.717) is 31.1 Å². The van der Waals surface area contributed by atoms with E-state index in [1.807, 2.05) is 69.0 Å². The number of benzene rings is 2. The number of carbonyl (C=O) groups is 1. The van der Waals surface area contributed by atoms with Crippen LogP contribution in [0, 0.1) is 27.7 Å². The van der Waals surface area contributed by atoms with Crippen LogP contribution in [-0.2, 0) is 14.8 Å². The number of hydrogen-bond donors (Lipinski definition) is 1. The molecule has 6 nitrogen and oxygen atoms in total. The first-order chi connectivity index (χ1) is 13.7. The quantitative estimate of drug-likeness (QED) is 0.815. The summed E-state index contributed by atoms with van der Waals surface area (Å²) in [7, 11) is -3.54. The van der Waals surface area contributed by atoms with Crippen LogP contribution in [-0.4, -0.2) is 56.3 Å². The highest BCUT2D eigenvalue weighted by molar-refractivity contribution is 7.89. The molecule has 1 fully saturated rings. The van der Waals surface area contributed by atoms with Crippen LogP contribution in [0.25, 0.3) is 0 Å². The van der Waals surface area contributed by atoms with Crippen molar-refractivity contribution in [3.63, 3.8) is 0 Å². The van der Waals surface area contributed by atoms with Crippen LogP contribution < -0.4 is 5.32 Å². The molecule has 7 heteroatoms. The molecule has 0 aliphatic carbocycles. The number of hydrogen-bond acceptors (Lipinski definition) is 4. The fourth-order valence-electron chi connectivity index (χ4n) is 3.96. The largest absolute Gasteiger partial charge is 0.325 e. The molecule has 3 rings (SSSR count). The molecule has 1 N–H and O–H groups in total. The molecule has 2 aromatic carbocycles. The summed E-state index contributed by atoms with van der Waals surface area (Å²) in [5.74, 6) is -0.0860. The third-order valence-corrected chi connectivity index (χ3v) is 7.41. The van der Waals surface area contributed by atoms with E-state index in [0.717, 1.165) is 27.9 Å². The smallest absolute Gasteiger partial charge is 0.243 e. The standard InChI is InChI=1S/C22H29N3O3S/c1-16-6-5-7-20(14-16)23-21(26)15-24-8-10-25(11-9-24)29(27,28)22-18(3)12-17(2)13-19(22)4/h5-7,12-14H,8-11,15H2,1-4H3,(H,23,26). The third kappa shape index (κ3) is 5.04. The molecule has 0 aromatic heterocycles. The number of aryl methyl sites for hydroxylation is 4. The first-order valence-electron chi connectivity index (χ1n) is 9.83. The number of amides is 1. The average molecular weight is 416 g/mol. The van der Waals surface area contributed by atoms with Crippen LogP contribution in [0.2, 0.25) is 0 Å². The molecule has 0 atom stereocenters. The monoisotopic (exact) mass is 415 g/mol. The van der Waals surface area contributed by atoms with Gasteiger partial charge in [0.05, 0.1) is 11.4 Å². The van der Waals surface area contributed by atoms with E-state index in [-0.39, 0.29) is 12.5 Å². The molecule has 0 unspecified atom stereocenters. The number of rotatable bonds is 5. The lowest BCUT2D eigenvalue weighted by molar-refractivity contribution is -0.117. The third-order valence-electron chi connectivity index (χ3n) is 5.20. The fraction of sp³-hybridized carbons (Fsp3) is 0.409. The molecular weight excluding hydrogens is 386 g/mol. The maximum Gasteiger partial charge on any atom is 0.243 e. The lowest BCUT2D eigenvalue weighted by Gasteiger charge is -2.34. The maximum atomic E-state index is 13.2. The minimum absolute atomic E-state index is 0.0860. The van der Waals surface area contributed by atoms with Gasteiger partial charge >= 0.3 is 0 Å². The Morgan fingerprint density at radius 3 is 2.14 bits per heavy atom. The van der Waals surface area contributed by atoms with Crippen molar-refractivity contribution in [2.45, 2.75) is 32.6 Å². The van der Waals surface area contributed by atoms with E-state index in [1.165, 1.54) is 4.31 Å². The van der Waals surface area contributed by atoms with Crippen molar-refractivity contribution in [1.82, 2.24) is 9.21 Å². The van der Waals surface area contributed by atoms with Gasteiger partial charge in [-0.2, -0.15) is 4.31 Å². The van der Waals surface area contributed by atoms with Gasteiger partial charge in [0.1, 0.15) is 0 Å². The van der Waals surface area contributed by atoms with Crippen molar-refractivity contribution >= 4 is 21.6 Å². The van der Waals surface area contributed by atoms with Gasteiger partial charge in [-0.1, -0.05) is 29.8 Å². The Bertz CT molecular complexity index is 987. The van der Waals surface area contributed by atoms with Gasteiger partial charge in [0.15, 0.2) is 0 Å². The summed E-state index contributed by atoms with van der Waals surface area (Å²) in [5.41, 5.74) is 4.48. The van der Waals surface area contributed by atoms with E-state index >= 15 is 0 Å². The Labute approximate surface area is 173 Å². The number of sulfonamides is 1. The summed E-state index contributed by atoms with van der Waals surface area (Å²) >= 11 is 0. The Morgan fingerprint density at radius 2 is 1.55 bits per heavy atom. The molecule has 1 aliphatic rings. The molecule has 0 spiro atoms. The van der Waals surface area contributed by atoms with Gasteiger partial charge in [-0.05, 0) is 56.5 Å². The van der Waals surface area contributed by atoms with Crippen LogP contribution in [0.4, 0.5) is 5.69 Å². The Balaban J connectivity index is 1.61. The number of piperazine rings is 1. The highest BCUT2D eigenvalue weighted by Gasteiger charge is 2.31. The number of nitrogens with zero attached hydrogens (tertiary/aromatic N) is 2. The normalized spacial score (nSPS) is 16.0. The van der Waals surface area contributed by atoms with E-state index < -0.39 is 10.0 Å². The van der Waals surface area contributed by atoms with E-state index in [9.17, 15) is 13.2 Å². The highest BCUT2D eigenvalue weighted by Crippen LogP contribution is 2.26. The molecule has 1 heterocycles. The van der Waals surface area contributed by atoms with Crippen molar-refractivity contribution in [1.29, 1.82) is 0 Å². The lowest BCUT2D eigenvalue weighted by Crippen LogP contribution is -2.50. The molecule has 2 aromatic rings. The zero-order chi connectivity index (χ0) is 21.2. The first kappa shape index (κ1) is 21.5. The SMILES string of the molecule is Cc1cccc(NC(=O)CN2CCN(S(=O)(=O)c3c(C)cc(C)cc3C)CC2)c1. The molecule has 1 saturated heterocycles. The van der Waals surface area contributed by atoms with Crippen LogP contribution in [0.5, 0.6) is 0 Å². The number of carbonyl (C=O) groups excluding carboxylic acids is 1. The number of nitrogens with one attached hydrogen (secondary N) is 1. The van der Waals surface area contributed by atoms with Gasteiger partial charge in [-0.15, -0.1) is 0 Å². The predicted octanol–water partition coefficient (Wildman–Crippen LogP) is 2.87. The second-order valence-electron chi connectivity index (χ2n) is 7.83. The second-order valence-corrected chi connectivity index (χ2v) is 9.70. The topological polar surface area (TPSA) is 69.7 Å². The molecule has 1 amide bonds. The van der Waals surface area contributed by atoms with Crippen molar-refractivity contribution in [3.8, 4) is 0 Å². The van der Waals surface area contributed by atoms with E-state index in [2.05, 4.69) is 5.32 Å². The van der Waals surface area contributed by atoms with Crippen LogP contribution in [0.3, 0.4) is 0 Å². The van der Waals surface area contributed by atoms with Crippen LogP contribution in [0.1, 0.15) is 22.3 Å². The van der Waals surface area contributed by atoms with Crippen molar-refractivity contribution in [2.75, 3.05) is 38.0 Å². The van der Waals surface area contributed by atoms with Gasteiger partial charge in [0.2, 0.25) is 15.9 Å². The lowest BCUT2D eigenvalue weighted by atomic mass is 10.1. The molecule has 0 bridgehead atoms. The molecule has 0 radical (unpaired) electrons. The van der Waals surface area contributed by atoms with Crippen LogP contribution >= 0.6 is 0 Å². The summed E-state index contributed by atoms with van der Waals surface area (Å²) in [4.78, 5) is 14.7. The molecular formula is C22H29N3O3S. The van der Waals surface area contributed by atoms with Gasteiger partial charge in [-0.25, -0.2) is 8.42 Å². The molecule has 1 aliphatic heterocycles. The second kappa shape index (κ2) is 8.65. The zero-order valence-corrected chi connectivity index (χ0v) is 18.3. The maximum absolute atomic E-state index is 13.2. The Morgan fingerprint density at radius 1 is 0.931 bits per heavy atom. The fourth-order valence-corrected chi connectivity index (χ4v) is 5.79. The summed E-state index contributed by atoms with van der Waals surface area (Å²) in [5, 5.41) is 2.91. The summed E-state index contributed by atoms with van der Waals surface area (Å²) in [6.07, 6.45) is 0. The van der Waals surface area contributed by atoms with Gasteiger partial charge in [0.25, 0.3) is 0 Å². The summed E-state index contributed by atoms with van der Waals surface area (Å²) in [6, 6.07) is 11.5.